The van der Waals surface area contributed by atoms with Crippen molar-refractivity contribution >= 4 is 62.5 Å². The van der Waals surface area contributed by atoms with E-state index in [0.717, 1.165) is 27.8 Å². The van der Waals surface area contributed by atoms with Crippen LogP contribution in [-0.2, 0) is 19.1 Å². The zero-order valence-corrected chi connectivity index (χ0v) is 20.5. The third kappa shape index (κ3) is 6.23. The summed E-state index contributed by atoms with van der Waals surface area (Å²) < 4.78 is 10.8. The van der Waals surface area contributed by atoms with E-state index in [0.29, 0.717) is 21.5 Å². The van der Waals surface area contributed by atoms with Crippen LogP contribution in [0.3, 0.4) is 0 Å². The molecule has 1 N–H and O–H groups in total. The summed E-state index contributed by atoms with van der Waals surface area (Å²) in [7, 11) is 1.25. The Morgan fingerprint density at radius 3 is 2.64 bits per heavy atom. The quantitative estimate of drug-likeness (QED) is 0.419. The third-order valence-corrected chi connectivity index (χ3v) is 6.07. The summed E-state index contributed by atoms with van der Waals surface area (Å²) in [5, 5.41) is 2.20. The molecule has 33 heavy (non-hydrogen) atoms. The van der Waals surface area contributed by atoms with Crippen molar-refractivity contribution in [3.63, 3.8) is 0 Å². The average Bonchev–Trinajstić information content (AvgIpc) is 3.02. The van der Waals surface area contributed by atoms with Gasteiger partial charge >= 0.3 is 5.97 Å². The number of hydrogen-bond donors (Lipinski definition) is 1. The number of ether oxygens (including phenoxy) is 2. The molecule has 10 heteroatoms. The van der Waals surface area contributed by atoms with Crippen LogP contribution in [0.2, 0.25) is 0 Å². The van der Waals surface area contributed by atoms with E-state index in [1.54, 1.807) is 18.2 Å². The van der Waals surface area contributed by atoms with E-state index in [1.807, 2.05) is 32.0 Å². The van der Waals surface area contributed by atoms with Crippen LogP contribution in [0.5, 0.6) is 5.75 Å². The number of benzene rings is 2. The molecule has 1 heterocycles. The Morgan fingerprint density at radius 1 is 1.15 bits per heavy atom. The second-order valence-electron chi connectivity index (χ2n) is 7.18. The Bertz CT molecular complexity index is 1160. The molecule has 8 nitrogen and oxygen atoms in total. The number of imide groups is 1. The molecular weight excluding hydrogens is 512 g/mol. The molecule has 1 aliphatic heterocycles. The molecule has 0 radical (unpaired) electrons. The molecule has 0 aromatic heterocycles. The highest BCUT2D eigenvalue weighted by Gasteiger charge is 2.36. The Balaban J connectivity index is 1.76. The predicted octanol–water partition coefficient (Wildman–Crippen LogP) is 4.29. The number of thioether (sulfide) groups is 1. The molecule has 2 aromatic carbocycles. The third-order valence-electron chi connectivity index (χ3n) is 4.67. The lowest BCUT2D eigenvalue weighted by atomic mass is 10.1. The van der Waals surface area contributed by atoms with Gasteiger partial charge in [-0.05, 0) is 67.1 Å². The molecule has 0 spiro atoms. The number of carbonyl (C=O) groups excluding carboxylic acids is 4. The fraction of sp³-hybridized carbons (Fsp3) is 0.217. The Hall–Kier alpha value is -3.11. The topological polar surface area (TPSA) is 102 Å². The van der Waals surface area contributed by atoms with Gasteiger partial charge in [0, 0.05) is 15.7 Å². The van der Waals surface area contributed by atoms with Crippen molar-refractivity contribution in [2.24, 2.45) is 0 Å². The summed E-state index contributed by atoms with van der Waals surface area (Å²) in [5.74, 6) is -1.28. The Labute approximate surface area is 203 Å². The van der Waals surface area contributed by atoms with Gasteiger partial charge in [0.15, 0.2) is 6.61 Å². The number of amides is 3. The van der Waals surface area contributed by atoms with Crippen molar-refractivity contribution < 1.29 is 28.7 Å². The van der Waals surface area contributed by atoms with Gasteiger partial charge in [-0.3, -0.25) is 19.3 Å². The van der Waals surface area contributed by atoms with Gasteiger partial charge in [0.25, 0.3) is 11.1 Å². The summed E-state index contributed by atoms with van der Waals surface area (Å²) in [5.41, 5.74) is 2.96. The SMILES string of the molecule is COC(=O)COc1ccc(Br)cc1/C=C1/SC(=O)N(CC(=O)Nc2cc(C)ccc2C)C1=O. The van der Waals surface area contributed by atoms with Crippen LogP contribution >= 0.6 is 27.7 Å². The number of rotatable bonds is 7. The van der Waals surface area contributed by atoms with Crippen LogP contribution in [0.15, 0.2) is 45.8 Å². The van der Waals surface area contributed by atoms with Crippen molar-refractivity contribution in [3.8, 4) is 5.75 Å². The van der Waals surface area contributed by atoms with Crippen LogP contribution in [0.1, 0.15) is 16.7 Å². The molecule has 1 saturated heterocycles. The van der Waals surface area contributed by atoms with E-state index in [1.165, 1.54) is 13.2 Å². The number of aryl methyl sites for hydroxylation is 2. The average molecular weight is 533 g/mol. The first-order valence-corrected chi connectivity index (χ1v) is 11.4. The Morgan fingerprint density at radius 2 is 1.91 bits per heavy atom. The summed E-state index contributed by atoms with van der Waals surface area (Å²) >= 11 is 4.08. The maximum absolute atomic E-state index is 12.8. The standard InChI is InChI=1S/C23H21BrN2O6S/c1-13-4-5-14(2)17(8-13)25-20(27)11-26-22(29)19(33-23(26)30)10-15-9-16(24)6-7-18(15)32-12-21(28)31-3/h4-10H,11-12H2,1-3H3,(H,25,27)/b19-10+. The second-order valence-corrected chi connectivity index (χ2v) is 9.09. The summed E-state index contributed by atoms with van der Waals surface area (Å²) in [6.07, 6.45) is 1.49. The summed E-state index contributed by atoms with van der Waals surface area (Å²) in [6.45, 7) is 3.05. The number of esters is 1. The van der Waals surface area contributed by atoms with Crippen molar-refractivity contribution in [2.45, 2.75) is 13.8 Å². The lowest BCUT2D eigenvalue weighted by molar-refractivity contribution is -0.142. The predicted molar refractivity (Wildman–Crippen MR) is 129 cm³/mol. The molecule has 2 aromatic rings. The number of hydrogen-bond acceptors (Lipinski definition) is 7. The molecule has 3 rings (SSSR count). The van der Waals surface area contributed by atoms with E-state index >= 15 is 0 Å². The molecule has 0 saturated carbocycles. The number of anilines is 1. The second kappa shape index (κ2) is 10.7. The minimum absolute atomic E-state index is 0.139. The van der Waals surface area contributed by atoms with Crippen molar-refractivity contribution in [3.05, 3.63) is 62.5 Å². The summed E-state index contributed by atoms with van der Waals surface area (Å²) in [4.78, 5) is 50.2. The molecule has 3 amide bonds. The molecular formula is C23H21BrN2O6S. The largest absolute Gasteiger partial charge is 0.481 e. The molecule has 0 atom stereocenters. The fourth-order valence-electron chi connectivity index (χ4n) is 2.94. The maximum atomic E-state index is 12.8. The molecule has 1 aliphatic rings. The van der Waals surface area contributed by atoms with E-state index in [4.69, 9.17) is 4.74 Å². The van der Waals surface area contributed by atoms with Gasteiger partial charge < -0.3 is 14.8 Å². The molecule has 0 aliphatic carbocycles. The van der Waals surface area contributed by atoms with E-state index in [2.05, 4.69) is 26.0 Å². The highest BCUT2D eigenvalue weighted by molar-refractivity contribution is 9.10. The minimum Gasteiger partial charge on any atom is -0.481 e. The number of nitrogens with zero attached hydrogens (tertiary/aromatic N) is 1. The number of carbonyl (C=O) groups is 4. The Kier molecular flexibility index (Phi) is 7.93. The van der Waals surface area contributed by atoms with Crippen molar-refractivity contribution in [2.75, 3.05) is 25.6 Å². The first-order valence-electron chi connectivity index (χ1n) is 9.79. The van der Waals surface area contributed by atoms with Gasteiger partial charge in [0.2, 0.25) is 5.91 Å². The zero-order valence-electron chi connectivity index (χ0n) is 18.1. The smallest absolute Gasteiger partial charge is 0.343 e. The molecule has 1 fully saturated rings. The highest BCUT2D eigenvalue weighted by Crippen LogP contribution is 2.35. The lowest BCUT2D eigenvalue weighted by Gasteiger charge is -2.14. The number of nitrogens with one attached hydrogen (secondary N) is 1. The van der Waals surface area contributed by atoms with Crippen LogP contribution in [0.4, 0.5) is 10.5 Å². The van der Waals surface area contributed by atoms with Gasteiger partial charge in [0.05, 0.1) is 12.0 Å². The van der Waals surface area contributed by atoms with E-state index < -0.39 is 29.6 Å². The van der Waals surface area contributed by atoms with Crippen LogP contribution in [0, 0.1) is 13.8 Å². The fourth-order valence-corrected chi connectivity index (χ4v) is 4.15. The van der Waals surface area contributed by atoms with Gasteiger partial charge in [-0.25, -0.2) is 4.79 Å². The van der Waals surface area contributed by atoms with Crippen molar-refractivity contribution in [1.29, 1.82) is 0 Å². The first-order chi connectivity index (χ1) is 15.7. The molecule has 0 bridgehead atoms. The van der Waals surface area contributed by atoms with Crippen LogP contribution in [0.25, 0.3) is 6.08 Å². The monoisotopic (exact) mass is 532 g/mol. The van der Waals surface area contributed by atoms with Gasteiger partial charge in [0.1, 0.15) is 12.3 Å². The minimum atomic E-state index is -0.583. The molecule has 0 unspecified atom stereocenters. The number of methoxy groups -OCH3 is 1. The van der Waals surface area contributed by atoms with Gasteiger partial charge in [-0.15, -0.1) is 0 Å². The van der Waals surface area contributed by atoms with Gasteiger partial charge in [-0.1, -0.05) is 28.1 Å². The van der Waals surface area contributed by atoms with Crippen molar-refractivity contribution in [1.82, 2.24) is 4.90 Å². The zero-order chi connectivity index (χ0) is 24.1. The van der Waals surface area contributed by atoms with Gasteiger partial charge in [-0.2, -0.15) is 0 Å². The first kappa shape index (κ1) is 24.5. The summed E-state index contributed by atoms with van der Waals surface area (Å²) in [6, 6.07) is 10.7. The van der Waals surface area contributed by atoms with Crippen LogP contribution in [-0.4, -0.2) is 48.2 Å². The van der Waals surface area contributed by atoms with E-state index in [-0.39, 0.29) is 11.5 Å². The van der Waals surface area contributed by atoms with E-state index in [9.17, 15) is 19.2 Å². The number of halogens is 1. The lowest BCUT2D eigenvalue weighted by Crippen LogP contribution is -2.36. The van der Waals surface area contributed by atoms with Crippen LogP contribution < -0.4 is 10.1 Å². The molecule has 172 valence electrons. The highest BCUT2D eigenvalue weighted by atomic mass is 79.9. The maximum Gasteiger partial charge on any atom is 0.343 e. The normalized spacial score (nSPS) is 14.5.